The summed E-state index contributed by atoms with van der Waals surface area (Å²) < 4.78 is 1.94. The van der Waals surface area contributed by atoms with E-state index in [4.69, 9.17) is 5.73 Å². The van der Waals surface area contributed by atoms with Crippen LogP contribution in [0.3, 0.4) is 0 Å². The van der Waals surface area contributed by atoms with Gasteiger partial charge in [0, 0.05) is 19.5 Å². The van der Waals surface area contributed by atoms with E-state index in [0.717, 1.165) is 25.0 Å². The highest BCUT2D eigenvalue weighted by atomic mass is 16.2. The first-order valence-corrected chi connectivity index (χ1v) is 8.39. The number of primary amides is 1. The molecular formula is C17H28N4O2. The third-order valence-corrected chi connectivity index (χ3v) is 4.46. The molecule has 1 saturated heterocycles. The fraction of sp³-hybridized carbons (Fsp3) is 0.706. The van der Waals surface area contributed by atoms with Crippen LogP contribution in [0, 0.1) is 5.92 Å². The molecule has 0 bridgehead atoms. The van der Waals surface area contributed by atoms with Crippen molar-refractivity contribution in [1.82, 2.24) is 14.7 Å². The molecule has 0 aromatic carbocycles. The standard InChI is InChI=1S/C17H28N4O2/c1-5-14-13(11-19-21(14)17(2,3)4)16(23)20-8-6-12(7-9-20)10-15(18)22/h11-12H,5-10H2,1-4H3,(H2,18,22). The Morgan fingerprint density at radius 3 is 2.39 bits per heavy atom. The van der Waals surface area contributed by atoms with Gasteiger partial charge in [-0.25, -0.2) is 0 Å². The van der Waals surface area contributed by atoms with Gasteiger partial charge in [-0.2, -0.15) is 5.10 Å². The maximum absolute atomic E-state index is 12.8. The number of carbonyl (C=O) groups excluding carboxylic acids is 2. The summed E-state index contributed by atoms with van der Waals surface area (Å²) in [6.07, 6.45) is 4.57. The van der Waals surface area contributed by atoms with Crippen LogP contribution >= 0.6 is 0 Å². The number of aromatic nitrogens is 2. The van der Waals surface area contributed by atoms with Gasteiger partial charge in [0.1, 0.15) is 0 Å². The minimum absolute atomic E-state index is 0.0508. The second-order valence-corrected chi connectivity index (χ2v) is 7.35. The van der Waals surface area contributed by atoms with Crippen LogP contribution in [0.25, 0.3) is 0 Å². The fourth-order valence-electron chi connectivity index (χ4n) is 3.27. The Bertz CT molecular complexity index is 578. The molecule has 1 aliphatic heterocycles. The van der Waals surface area contributed by atoms with Crippen LogP contribution in [0.2, 0.25) is 0 Å². The van der Waals surface area contributed by atoms with Crippen molar-refractivity contribution < 1.29 is 9.59 Å². The molecule has 2 rings (SSSR count). The second kappa shape index (κ2) is 6.72. The average molecular weight is 320 g/mol. The topological polar surface area (TPSA) is 81.2 Å². The van der Waals surface area contributed by atoms with E-state index in [1.54, 1.807) is 6.20 Å². The number of likely N-dealkylation sites (tertiary alicyclic amines) is 1. The van der Waals surface area contributed by atoms with Crippen molar-refractivity contribution >= 4 is 11.8 Å². The number of hydrogen-bond acceptors (Lipinski definition) is 3. The molecule has 0 aliphatic carbocycles. The van der Waals surface area contributed by atoms with Crippen molar-refractivity contribution in [3.8, 4) is 0 Å². The average Bonchev–Trinajstić information content (AvgIpc) is 2.90. The minimum atomic E-state index is -0.255. The van der Waals surface area contributed by atoms with Crippen LogP contribution in [-0.4, -0.2) is 39.6 Å². The molecule has 0 radical (unpaired) electrons. The number of rotatable bonds is 4. The molecule has 1 aromatic rings. The molecule has 0 atom stereocenters. The van der Waals surface area contributed by atoms with Gasteiger partial charge >= 0.3 is 0 Å². The lowest BCUT2D eigenvalue weighted by Gasteiger charge is -2.31. The third-order valence-electron chi connectivity index (χ3n) is 4.46. The lowest BCUT2D eigenvalue weighted by molar-refractivity contribution is -0.119. The third kappa shape index (κ3) is 3.92. The van der Waals surface area contributed by atoms with E-state index in [-0.39, 0.29) is 17.4 Å². The number of carbonyl (C=O) groups is 2. The zero-order valence-electron chi connectivity index (χ0n) is 14.6. The van der Waals surface area contributed by atoms with Crippen molar-refractivity contribution in [1.29, 1.82) is 0 Å². The molecule has 2 N–H and O–H groups in total. The summed E-state index contributed by atoms with van der Waals surface area (Å²) in [6, 6.07) is 0. The molecule has 2 amide bonds. The van der Waals surface area contributed by atoms with Crippen LogP contribution in [0.4, 0.5) is 0 Å². The van der Waals surface area contributed by atoms with Gasteiger partial charge in [0.25, 0.3) is 5.91 Å². The summed E-state index contributed by atoms with van der Waals surface area (Å²) in [5, 5.41) is 4.44. The largest absolute Gasteiger partial charge is 0.370 e. The molecule has 128 valence electrons. The molecule has 2 heterocycles. The molecular weight excluding hydrogens is 292 g/mol. The van der Waals surface area contributed by atoms with Gasteiger partial charge < -0.3 is 10.6 Å². The predicted octanol–water partition coefficient (Wildman–Crippen LogP) is 1.93. The lowest BCUT2D eigenvalue weighted by Crippen LogP contribution is -2.39. The van der Waals surface area contributed by atoms with Crippen molar-refractivity contribution in [2.24, 2.45) is 11.7 Å². The highest BCUT2D eigenvalue weighted by Crippen LogP contribution is 2.24. The van der Waals surface area contributed by atoms with E-state index in [1.807, 2.05) is 9.58 Å². The maximum atomic E-state index is 12.8. The van der Waals surface area contributed by atoms with E-state index in [0.29, 0.717) is 31.0 Å². The summed E-state index contributed by atoms with van der Waals surface area (Å²) in [5.41, 5.74) is 6.81. The van der Waals surface area contributed by atoms with Gasteiger partial charge in [0.05, 0.1) is 23.0 Å². The van der Waals surface area contributed by atoms with Gasteiger partial charge in [-0.05, 0) is 46.0 Å². The Hall–Kier alpha value is -1.85. The summed E-state index contributed by atoms with van der Waals surface area (Å²) in [4.78, 5) is 25.7. The molecule has 23 heavy (non-hydrogen) atoms. The SMILES string of the molecule is CCc1c(C(=O)N2CCC(CC(N)=O)CC2)cnn1C(C)(C)C. The molecule has 6 nitrogen and oxygen atoms in total. The molecule has 0 saturated carbocycles. The first-order chi connectivity index (χ1) is 10.7. The summed E-state index contributed by atoms with van der Waals surface area (Å²) >= 11 is 0. The minimum Gasteiger partial charge on any atom is -0.370 e. The highest BCUT2D eigenvalue weighted by Gasteiger charge is 2.28. The predicted molar refractivity (Wildman–Crippen MR) is 89.0 cm³/mol. The molecule has 6 heteroatoms. The zero-order valence-corrected chi connectivity index (χ0v) is 14.6. The van der Waals surface area contributed by atoms with Crippen molar-refractivity contribution in [2.75, 3.05) is 13.1 Å². The van der Waals surface area contributed by atoms with Crippen LogP contribution in [0.15, 0.2) is 6.20 Å². The summed E-state index contributed by atoms with van der Waals surface area (Å²) in [5.74, 6) is 0.101. The van der Waals surface area contributed by atoms with Crippen LogP contribution in [0.5, 0.6) is 0 Å². The highest BCUT2D eigenvalue weighted by molar-refractivity contribution is 5.95. The van der Waals surface area contributed by atoms with E-state index < -0.39 is 0 Å². The van der Waals surface area contributed by atoms with E-state index in [1.165, 1.54) is 0 Å². The van der Waals surface area contributed by atoms with Crippen LogP contribution in [-0.2, 0) is 16.8 Å². The van der Waals surface area contributed by atoms with E-state index in [2.05, 4.69) is 32.8 Å². The molecule has 1 fully saturated rings. The molecule has 1 aliphatic rings. The van der Waals surface area contributed by atoms with Gasteiger partial charge in [-0.3, -0.25) is 14.3 Å². The van der Waals surface area contributed by atoms with E-state index >= 15 is 0 Å². The smallest absolute Gasteiger partial charge is 0.257 e. The first kappa shape index (κ1) is 17.5. The number of amides is 2. The number of hydrogen-bond donors (Lipinski definition) is 1. The Morgan fingerprint density at radius 2 is 1.91 bits per heavy atom. The summed E-state index contributed by atoms with van der Waals surface area (Å²) in [6.45, 7) is 9.67. The molecule has 1 aromatic heterocycles. The molecule has 0 spiro atoms. The number of nitrogens with zero attached hydrogens (tertiary/aromatic N) is 3. The Labute approximate surface area is 138 Å². The van der Waals surface area contributed by atoms with Gasteiger partial charge in [-0.1, -0.05) is 6.92 Å². The van der Waals surface area contributed by atoms with Crippen molar-refractivity contribution in [2.45, 2.75) is 58.9 Å². The molecule has 0 unspecified atom stereocenters. The van der Waals surface area contributed by atoms with E-state index in [9.17, 15) is 9.59 Å². The Morgan fingerprint density at radius 1 is 1.30 bits per heavy atom. The number of nitrogens with two attached hydrogens (primary N) is 1. The normalized spacial score (nSPS) is 16.6. The fourth-order valence-corrected chi connectivity index (χ4v) is 3.27. The quantitative estimate of drug-likeness (QED) is 0.920. The van der Waals surface area contributed by atoms with Gasteiger partial charge in [0.15, 0.2) is 0 Å². The maximum Gasteiger partial charge on any atom is 0.257 e. The van der Waals surface area contributed by atoms with Crippen LogP contribution < -0.4 is 5.73 Å². The first-order valence-electron chi connectivity index (χ1n) is 8.39. The zero-order chi connectivity index (χ0) is 17.2. The monoisotopic (exact) mass is 320 g/mol. The van der Waals surface area contributed by atoms with Gasteiger partial charge in [0.2, 0.25) is 5.91 Å². The second-order valence-electron chi connectivity index (χ2n) is 7.35. The summed E-state index contributed by atoms with van der Waals surface area (Å²) in [7, 11) is 0. The van der Waals surface area contributed by atoms with Crippen molar-refractivity contribution in [3.63, 3.8) is 0 Å². The number of piperidine rings is 1. The van der Waals surface area contributed by atoms with Crippen LogP contribution in [0.1, 0.15) is 63.0 Å². The Kier molecular flexibility index (Phi) is 5.12. The van der Waals surface area contributed by atoms with Crippen molar-refractivity contribution in [3.05, 3.63) is 17.5 Å². The Balaban J connectivity index is 2.10. The van der Waals surface area contributed by atoms with Gasteiger partial charge in [-0.15, -0.1) is 0 Å². The lowest BCUT2D eigenvalue weighted by atomic mass is 9.93.